The third-order valence-electron chi connectivity index (χ3n) is 3.70. The fourth-order valence-electron chi connectivity index (χ4n) is 2.52. The highest BCUT2D eigenvalue weighted by atomic mass is 16.5. The average molecular weight is 328 g/mol. The van der Waals surface area contributed by atoms with Gasteiger partial charge in [0.1, 0.15) is 5.76 Å². The SMILES string of the molecule is COc1ccc(-c2cc(=O)c3ccc(OC)c(OC)c3o2)cc1O. The summed E-state index contributed by atoms with van der Waals surface area (Å²) in [4.78, 5) is 12.4. The zero-order valence-electron chi connectivity index (χ0n) is 13.5. The highest BCUT2D eigenvalue weighted by molar-refractivity contribution is 5.86. The lowest BCUT2D eigenvalue weighted by Crippen LogP contribution is -2.02. The fourth-order valence-corrected chi connectivity index (χ4v) is 2.52. The van der Waals surface area contributed by atoms with Crippen LogP contribution in [0.1, 0.15) is 0 Å². The van der Waals surface area contributed by atoms with Gasteiger partial charge in [0.2, 0.25) is 5.75 Å². The van der Waals surface area contributed by atoms with E-state index in [9.17, 15) is 9.90 Å². The number of phenolic OH excluding ortho intramolecular Hbond substituents is 1. The molecule has 6 nitrogen and oxygen atoms in total. The summed E-state index contributed by atoms with van der Waals surface area (Å²) >= 11 is 0. The Hall–Kier alpha value is -3.15. The maximum absolute atomic E-state index is 12.4. The molecule has 0 atom stereocenters. The molecule has 0 radical (unpaired) electrons. The van der Waals surface area contributed by atoms with Crippen LogP contribution in [0.3, 0.4) is 0 Å². The van der Waals surface area contributed by atoms with Crippen molar-refractivity contribution < 1.29 is 23.7 Å². The van der Waals surface area contributed by atoms with E-state index >= 15 is 0 Å². The van der Waals surface area contributed by atoms with E-state index in [-0.39, 0.29) is 16.8 Å². The van der Waals surface area contributed by atoms with E-state index in [1.54, 1.807) is 24.3 Å². The lowest BCUT2D eigenvalue weighted by molar-refractivity contribution is 0.353. The summed E-state index contributed by atoms with van der Waals surface area (Å²) in [5, 5.41) is 10.3. The molecule has 0 saturated heterocycles. The number of fused-ring (bicyclic) bond motifs is 1. The van der Waals surface area contributed by atoms with Crippen LogP contribution in [0.5, 0.6) is 23.0 Å². The molecule has 0 aliphatic carbocycles. The van der Waals surface area contributed by atoms with Gasteiger partial charge in [0, 0.05) is 11.6 Å². The molecule has 0 aliphatic rings. The summed E-state index contributed by atoms with van der Waals surface area (Å²) in [5.41, 5.74) is 0.606. The number of phenols is 1. The molecule has 0 amide bonds. The second-order valence-corrected chi connectivity index (χ2v) is 5.04. The van der Waals surface area contributed by atoms with Gasteiger partial charge in [-0.2, -0.15) is 0 Å². The highest BCUT2D eigenvalue weighted by Crippen LogP contribution is 2.37. The van der Waals surface area contributed by atoms with Gasteiger partial charge in [0.15, 0.2) is 28.3 Å². The molecule has 1 heterocycles. The Balaban J connectivity index is 2.26. The molecule has 124 valence electrons. The molecular weight excluding hydrogens is 312 g/mol. The van der Waals surface area contributed by atoms with Crippen LogP contribution in [0, 0.1) is 0 Å². The number of hydrogen-bond donors (Lipinski definition) is 1. The zero-order chi connectivity index (χ0) is 17.3. The number of aromatic hydroxyl groups is 1. The first kappa shape index (κ1) is 15.7. The van der Waals surface area contributed by atoms with Crippen LogP contribution < -0.4 is 19.6 Å². The second kappa shape index (κ2) is 6.16. The van der Waals surface area contributed by atoms with Crippen molar-refractivity contribution in [1.29, 1.82) is 0 Å². The van der Waals surface area contributed by atoms with Gasteiger partial charge >= 0.3 is 0 Å². The minimum absolute atomic E-state index is 0.0460. The van der Waals surface area contributed by atoms with E-state index in [0.717, 1.165) is 0 Å². The molecule has 1 aromatic heterocycles. The molecule has 2 aromatic carbocycles. The Bertz CT molecular complexity index is 958. The minimum atomic E-state index is -0.220. The number of rotatable bonds is 4. The van der Waals surface area contributed by atoms with Gasteiger partial charge in [0.05, 0.1) is 26.7 Å². The van der Waals surface area contributed by atoms with Crippen LogP contribution in [0.4, 0.5) is 0 Å². The fraction of sp³-hybridized carbons (Fsp3) is 0.167. The topological polar surface area (TPSA) is 78.1 Å². The summed E-state index contributed by atoms with van der Waals surface area (Å²) in [7, 11) is 4.44. The molecule has 0 fully saturated rings. The van der Waals surface area contributed by atoms with E-state index in [2.05, 4.69) is 0 Å². The van der Waals surface area contributed by atoms with Crippen molar-refractivity contribution in [2.45, 2.75) is 0 Å². The standard InChI is InChI=1S/C18H16O6/c1-21-14-6-4-10(8-13(14)20)16-9-12(19)11-5-7-15(22-2)18(23-3)17(11)24-16/h4-9,20H,1-3H3. The third kappa shape index (κ3) is 2.52. The van der Waals surface area contributed by atoms with Gasteiger partial charge in [-0.1, -0.05) is 0 Å². The van der Waals surface area contributed by atoms with Gasteiger partial charge in [-0.25, -0.2) is 0 Å². The third-order valence-corrected chi connectivity index (χ3v) is 3.70. The number of hydrogen-bond acceptors (Lipinski definition) is 6. The monoisotopic (exact) mass is 328 g/mol. The Morgan fingerprint density at radius 3 is 2.25 bits per heavy atom. The van der Waals surface area contributed by atoms with Crippen LogP contribution >= 0.6 is 0 Å². The van der Waals surface area contributed by atoms with Gasteiger partial charge < -0.3 is 23.7 Å². The molecule has 1 N–H and O–H groups in total. The normalized spacial score (nSPS) is 10.6. The van der Waals surface area contributed by atoms with E-state index in [1.165, 1.54) is 33.5 Å². The number of benzene rings is 2. The van der Waals surface area contributed by atoms with Crippen LogP contribution in [-0.2, 0) is 0 Å². The molecule has 6 heteroatoms. The summed E-state index contributed by atoms with van der Waals surface area (Å²) in [6.45, 7) is 0. The molecule has 24 heavy (non-hydrogen) atoms. The van der Waals surface area contributed by atoms with Crippen LogP contribution in [0.25, 0.3) is 22.3 Å². The van der Waals surface area contributed by atoms with Crippen molar-refractivity contribution in [1.82, 2.24) is 0 Å². The highest BCUT2D eigenvalue weighted by Gasteiger charge is 2.16. The molecule has 0 unspecified atom stereocenters. The predicted octanol–water partition coefficient (Wildman–Crippen LogP) is 3.19. The average Bonchev–Trinajstić information content (AvgIpc) is 2.60. The predicted molar refractivity (Wildman–Crippen MR) is 89.2 cm³/mol. The summed E-state index contributed by atoms with van der Waals surface area (Å²) in [6, 6.07) is 9.40. The van der Waals surface area contributed by atoms with Gasteiger partial charge in [-0.3, -0.25) is 4.79 Å². The summed E-state index contributed by atoms with van der Waals surface area (Å²) in [6.07, 6.45) is 0. The summed E-state index contributed by atoms with van der Waals surface area (Å²) in [5.74, 6) is 1.39. The lowest BCUT2D eigenvalue weighted by Gasteiger charge is -2.11. The Labute approximate surface area is 137 Å². The van der Waals surface area contributed by atoms with Gasteiger partial charge in [-0.15, -0.1) is 0 Å². The van der Waals surface area contributed by atoms with E-state index in [0.29, 0.717) is 34.0 Å². The van der Waals surface area contributed by atoms with E-state index in [1.807, 2.05) is 0 Å². The van der Waals surface area contributed by atoms with Crippen molar-refractivity contribution in [3.05, 3.63) is 46.6 Å². The molecule has 0 aliphatic heterocycles. The first-order valence-electron chi connectivity index (χ1n) is 7.15. The molecule has 0 bridgehead atoms. The first-order chi connectivity index (χ1) is 11.6. The van der Waals surface area contributed by atoms with Crippen LogP contribution in [0.15, 0.2) is 45.6 Å². The molecular formula is C18H16O6. The van der Waals surface area contributed by atoms with Crippen molar-refractivity contribution >= 4 is 11.0 Å². The maximum atomic E-state index is 12.4. The van der Waals surface area contributed by atoms with Gasteiger partial charge in [-0.05, 0) is 30.3 Å². The Kier molecular flexibility index (Phi) is 4.04. The number of methoxy groups -OCH3 is 3. The quantitative estimate of drug-likeness (QED) is 0.792. The maximum Gasteiger partial charge on any atom is 0.204 e. The van der Waals surface area contributed by atoms with Crippen molar-refractivity contribution in [2.24, 2.45) is 0 Å². The van der Waals surface area contributed by atoms with E-state index in [4.69, 9.17) is 18.6 Å². The first-order valence-corrected chi connectivity index (χ1v) is 7.15. The lowest BCUT2D eigenvalue weighted by atomic mass is 10.1. The minimum Gasteiger partial charge on any atom is -0.504 e. The second-order valence-electron chi connectivity index (χ2n) is 5.04. The van der Waals surface area contributed by atoms with Crippen LogP contribution in [-0.4, -0.2) is 26.4 Å². The zero-order valence-corrected chi connectivity index (χ0v) is 13.5. The molecule has 0 spiro atoms. The van der Waals surface area contributed by atoms with Gasteiger partial charge in [0.25, 0.3) is 0 Å². The van der Waals surface area contributed by atoms with Crippen molar-refractivity contribution in [3.8, 4) is 34.3 Å². The van der Waals surface area contributed by atoms with E-state index < -0.39 is 0 Å². The summed E-state index contributed by atoms with van der Waals surface area (Å²) < 4.78 is 21.4. The smallest absolute Gasteiger partial charge is 0.204 e. The van der Waals surface area contributed by atoms with Crippen LogP contribution in [0.2, 0.25) is 0 Å². The molecule has 3 aromatic rings. The van der Waals surface area contributed by atoms with Crippen molar-refractivity contribution in [3.63, 3.8) is 0 Å². The van der Waals surface area contributed by atoms with Crippen molar-refractivity contribution in [2.75, 3.05) is 21.3 Å². The Morgan fingerprint density at radius 1 is 0.917 bits per heavy atom. The molecule has 3 rings (SSSR count). The Morgan fingerprint density at radius 2 is 1.62 bits per heavy atom. The molecule has 0 saturated carbocycles. The largest absolute Gasteiger partial charge is 0.504 e. The number of ether oxygens (including phenoxy) is 3.